The first-order chi connectivity index (χ1) is 7.24. The second kappa shape index (κ2) is 3.73. The molecule has 1 aliphatic rings. The predicted molar refractivity (Wildman–Crippen MR) is 58.8 cm³/mol. The summed E-state index contributed by atoms with van der Waals surface area (Å²) in [4.78, 5) is 22.2. The standard InChI is InChI=1S/C11H12N2O2/c1-7(15)9-3-2-8(6-14)10-11(9)13-5-4-12-10/h2-3,6,12-13H,4-5H2,1H3. The molecule has 0 saturated heterocycles. The summed E-state index contributed by atoms with van der Waals surface area (Å²) < 4.78 is 0. The molecular formula is C11H12N2O2. The predicted octanol–water partition coefficient (Wildman–Crippen LogP) is 1.54. The van der Waals surface area contributed by atoms with Crippen molar-refractivity contribution in [1.82, 2.24) is 0 Å². The van der Waals surface area contributed by atoms with Gasteiger partial charge in [-0.3, -0.25) is 9.59 Å². The van der Waals surface area contributed by atoms with Crippen molar-refractivity contribution in [2.45, 2.75) is 6.92 Å². The summed E-state index contributed by atoms with van der Waals surface area (Å²) in [5, 5.41) is 6.28. The normalized spacial score (nSPS) is 13.4. The summed E-state index contributed by atoms with van der Waals surface area (Å²) in [6.07, 6.45) is 0.794. The Morgan fingerprint density at radius 1 is 1.27 bits per heavy atom. The molecule has 1 heterocycles. The Morgan fingerprint density at radius 3 is 2.53 bits per heavy atom. The first kappa shape index (κ1) is 9.71. The highest BCUT2D eigenvalue weighted by atomic mass is 16.1. The molecule has 2 rings (SSSR count). The SMILES string of the molecule is CC(=O)c1ccc(C=O)c2c1NCCN2. The van der Waals surface area contributed by atoms with Crippen molar-refractivity contribution in [2.24, 2.45) is 0 Å². The third kappa shape index (κ3) is 1.58. The van der Waals surface area contributed by atoms with Crippen molar-refractivity contribution in [3.05, 3.63) is 23.3 Å². The van der Waals surface area contributed by atoms with Crippen molar-refractivity contribution in [2.75, 3.05) is 23.7 Å². The largest absolute Gasteiger partial charge is 0.381 e. The molecule has 0 amide bonds. The number of carbonyl (C=O) groups excluding carboxylic acids is 2. The molecular weight excluding hydrogens is 192 g/mol. The van der Waals surface area contributed by atoms with Gasteiger partial charge in [0.25, 0.3) is 0 Å². The molecule has 4 nitrogen and oxygen atoms in total. The highest BCUT2D eigenvalue weighted by molar-refractivity contribution is 6.05. The Morgan fingerprint density at radius 2 is 1.93 bits per heavy atom. The van der Waals surface area contributed by atoms with Crippen molar-refractivity contribution < 1.29 is 9.59 Å². The minimum absolute atomic E-state index is 0.0000935. The molecule has 0 aromatic heterocycles. The lowest BCUT2D eigenvalue weighted by Gasteiger charge is -2.23. The number of rotatable bonds is 2. The fraction of sp³-hybridized carbons (Fsp3) is 0.273. The van der Waals surface area contributed by atoms with Crippen LogP contribution in [0.1, 0.15) is 27.6 Å². The van der Waals surface area contributed by atoms with Crippen molar-refractivity contribution in [1.29, 1.82) is 0 Å². The van der Waals surface area contributed by atoms with Crippen molar-refractivity contribution in [3.63, 3.8) is 0 Å². The average molecular weight is 204 g/mol. The summed E-state index contributed by atoms with van der Waals surface area (Å²) in [6.45, 7) is 3.04. The molecule has 0 aliphatic carbocycles. The Bertz CT molecular complexity index is 427. The molecule has 15 heavy (non-hydrogen) atoms. The maximum Gasteiger partial charge on any atom is 0.161 e. The van der Waals surface area contributed by atoms with Gasteiger partial charge in [-0.05, 0) is 19.1 Å². The van der Waals surface area contributed by atoms with Gasteiger partial charge < -0.3 is 10.6 Å². The first-order valence-electron chi connectivity index (χ1n) is 4.85. The highest BCUT2D eigenvalue weighted by Gasteiger charge is 2.17. The zero-order chi connectivity index (χ0) is 10.8. The number of ketones is 1. The topological polar surface area (TPSA) is 58.2 Å². The van der Waals surface area contributed by atoms with E-state index in [4.69, 9.17) is 0 Å². The van der Waals surface area contributed by atoms with Crippen LogP contribution >= 0.6 is 0 Å². The van der Waals surface area contributed by atoms with Gasteiger partial charge >= 0.3 is 0 Å². The number of hydrogen-bond acceptors (Lipinski definition) is 4. The molecule has 78 valence electrons. The number of hydrogen-bond donors (Lipinski definition) is 2. The first-order valence-corrected chi connectivity index (χ1v) is 4.85. The highest BCUT2D eigenvalue weighted by Crippen LogP contribution is 2.31. The second-order valence-corrected chi connectivity index (χ2v) is 3.48. The minimum atomic E-state index is -0.0000935. The number of Topliss-reactive ketones (excluding diaryl/α,β-unsaturated/α-hetero) is 1. The maximum atomic E-state index is 11.4. The van der Waals surface area contributed by atoms with Crippen LogP contribution < -0.4 is 10.6 Å². The van der Waals surface area contributed by atoms with Gasteiger partial charge in [0.15, 0.2) is 12.1 Å². The van der Waals surface area contributed by atoms with E-state index in [-0.39, 0.29) is 5.78 Å². The van der Waals surface area contributed by atoms with Gasteiger partial charge in [-0.25, -0.2) is 0 Å². The Labute approximate surface area is 87.7 Å². The second-order valence-electron chi connectivity index (χ2n) is 3.48. The van der Waals surface area contributed by atoms with E-state index in [1.807, 2.05) is 0 Å². The van der Waals surface area contributed by atoms with Crippen LogP contribution in [0, 0.1) is 0 Å². The number of benzene rings is 1. The average Bonchev–Trinajstić information content (AvgIpc) is 2.27. The molecule has 0 unspecified atom stereocenters. The third-order valence-corrected chi connectivity index (χ3v) is 2.47. The molecule has 1 aromatic rings. The van der Waals surface area contributed by atoms with E-state index >= 15 is 0 Å². The third-order valence-electron chi connectivity index (χ3n) is 2.47. The Balaban J connectivity index is 2.62. The lowest BCUT2D eigenvalue weighted by molar-refractivity contribution is 0.101. The zero-order valence-electron chi connectivity index (χ0n) is 8.46. The molecule has 1 aromatic carbocycles. The fourth-order valence-electron chi connectivity index (χ4n) is 1.76. The van der Waals surface area contributed by atoms with Crippen LogP contribution in [0.4, 0.5) is 11.4 Å². The smallest absolute Gasteiger partial charge is 0.161 e. The van der Waals surface area contributed by atoms with Crippen LogP contribution in [0.3, 0.4) is 0 Å². The number of fused-ring (bicyclic) bond motifs is 1. The molecule has 0 fully saturated rings. The van der Waals surface area contributed by atoms with Gasteiger partial charge in [-0.1, -0.05) is 0 Å². The van der Waals surface area contributed by atoms with Crippen LogP contribution in [-0.2, 0) is 0 Å². The van der Waals surface area contributed by atoms with Gasteiger partial charge in [0.1, 0.15) is 0 Å². The lowest BCUT2D eigenvalue weighted by Crippen LogP contribution is -2.23. The van der Waals surface area contributed by atoms with E-state index in [1.165, 1.54) is 6.92 Å². The van der Waals surface area contributed by atoms with Crippen molar-refractivity contribution >= 4 is 23.4 Å². The summed E-state index contributed by atoms with van der Waals surface area (Å²) >= 11 is 0. The van der Waals surface area contributed by atoms with E-state index in [0.717, 1.165) is 30.8 Å². The summed E-state index contributed by atoms with van der Waals surface area (Å²) in [6, 6.07) is 3.35. The van der Waals surface area contributed by atoms with E-state index in [9.17, 15) is 9.59 Å². The van der Waals surface area contributed by atoms with Crippen LogP contribution in [0.15, 0.2) is 12.1 Å². The maximum absolute atomic E-state index is 11.4. The summed E-state index contributed by atoms with van der Waals surface area (Å²) in [5.41, 5.74) is 2.70. The molecule has 1 aliphatic heterocycles. The van der Waals surface area contributed by atoms with Crippen molar-refractivity contribution in [3.8, 4) is 0 Å². The van der Waals surface area contributed by atoms with E-state index in [1.54, 1.807) is 12.1 Å². The van der Waals surface area contributed by atoms with Gasteiger partial charge in [0.05, 0.1) is 11.4 Å². The summed E-state index contributed by atoms with van der Waals surface area (Å²) in [7, 11) is 0. The lowest BCUT2D eigenvalue weighted by atomic mass is 10.0. The van der Waals surface area contributed by atoms with Crippen LogP contribution in [-0.4, -0.2) is 25.2 Å². The number of nitrogens with one attached hydrogen (secondary N) is 2. The van der Waals surface area contributed by atoms with E-state index < -0.39 is 0 Å². The van der Waals surface area contributed by atoms with Gasteiger partial charge in [0, 0.05) is 24.2 Å². The van der Waals surface area contributed by atoms with Gasteiger partial charge in [-0.2, -0.15) is 0 Å². The molecule has 0 bridgehead atoms. The van der Waals surface area contributed by atoms with E-state index in [2.05, 4.69) is 10.6 Å². The number of anilines is 2. The van der Waals surface area contributed by atoms with E-state index in [0.29, 0.717) is 11.1 Å². The van der Waals surface area contributed by atoms with Crippen LogP contribution in [0.25, 0.3) is 0 Å². The fourth-order valence-corrected chi connectivity index (χ4v) is 1.76. The van der Waals surface area contributed by atoms with Gasteiger partial charge in [-0.15, -0.1) is 0 Å². The monoisotopic (exact) mass is 204 g/mol. The Kier molecular flexibility index (Phi) is 2.41. The van der Waals surface area contributed by atoms with Gasteiger partial charge in [0.2, 0.25) is 0 Å². The molecule has 0 spiro atoms. The molecule has 0 atom stereocenters. The minimum Gasteiger partial charge on any atom is -0.381 e. The zero-order valence-corrected chi connectivity index (χ0v) is 8.46. The summed E-state index contributed by atoms with van der Waals surface area (Å²) in [5.74, 6) is -0.0000935. The number of carbonyl (C=O) groups is 2. The number of aldehydes is 1. The quantitative estimate of drug-likeness (QED) is 0.566. The molecule has 0 saturated carbocycles. The van der Waals surface area contributed by atoms with Crippen LogP contribution in [0.2, 0.25) is 0 Å². The molecule has 0 radical (unpaired) electrons. The molecule has 2 N–H and O–H groups in total. The Hall–Kier alpha value is -1.84. The molecule has 4 heteroatoms. The van der Waals surface area contributed by atoms with Crippen LogP contribution in [0.5, 0.6) is 0 Å².